The summed E-state index contributed by atoms with van der Waals surface area (Å²) in [6.45, 7) is 1.21. The second-order valence-corrected chi connectivity index (χ2v) is 5.32. The second-order valence-electron chi connectivity index (χ2n) is 5.32. The lowest BCUT2D eigenvalue weighted by atomic mass is 10.0. The van der Waals surface area contributed by atoms with Gasteiger partial charge in [-0.1, -0.05) is 13.8 Å². The molecule has 0 heterocycles. The van der Waals surface area contributed by atoms with Crippen LogP contribution in [0.2, 0.25) is 0 Å². The molecule has 0 aromatic heterocycles. The fourth-order valence-electron chi connectivity index (χ4n) is 1.68. The molecule has 3 amide bonds. The summed E-state index contributed by atoms with van der Waals surface area (Å²) in [5.74, 6) is -4.21. The highest BCUT2D eigenvalue weighted by molar-refractivity contribution is 5.93. The zero-order valence-electron chi connectivity index (χ0n) is 13.5. The van der Waals surface area contributed by atoms with E-state index < -0.39 is 67.5 Å². The fourth-order valence-corrected chi connectivity index (χ4v) is 1.68. The molecule has 0 aliphatic heterocycles. The molecule has 8 N–H and O–H groups in total. The number of aliphatic carboxylic acids is 1. The largest absolute Gasteiger partial charge is 0.480 e. The predicted molar refractivity (Wildman–Crippen MR) is 81.5 cm³/mol. The van der Waals surface area contributed by atoms with Crippen molar-refractivity contribution in [2.75, 3.05) is 19.8 Å². The van der Waals surface area contributed by atoms with Crippen LogP contribution in [0.1, 0.15) is 13.8 Å². The van der Waals surface area contributed by atoms with Crippen molar-refractivity contribution in [3.8, 4) is 0 Å². The molecule has 0 aromatic rings. The Kier molecular flexibility index (Phi) is 9.54. The Morgan fingerprint density at radius 3 is 1.75 bits per heavy atom. The van der Waals surface area contributed by atoms with Crippen molar-refractivity contribution in [2.24, 2.45) is 11.7 Å². The highest BCUT2D eigenvalue weighted by atomic mass is 16.4. The number of carboxylic acids is 1. The molecule has 3 atom stereocenters. The van der Waals surface area contributed by atoms with Crippen molar-refractivity contribution in [3.63, 3.8) is 0 Å². The summed E-state index contributed by atoms with van der Waals surface area (Å²) in [6.07, 6.45) is 0. The molecule has 0 bridgehead atoms. The van der Waals surface area contributed by atoms with Crippen LogP contribution in [0.5, 0.6) is 0 Å². The molecule has 0 radical (unpaired) electrons. The van der Waals surface area contributed by atoms with Crippen molar-refractivity contribution < 1.29 is 34.5 Å². The second kappa shape index (κ2) is 10.5. The summed E-state index contributed by atoms with van der Waals surface area (Å²) in [7, 11) is 0. The maximum Gasteiger partial charge on any atom is 0.326 e. The first-order chi connectivity index (χ1) is 11.2. The molecule has 0 aliphatic rings. The molecule has 0 unspecified atom stereocenters. The predicted octanol–water partition coefficient (Wildman–Crippen LogP) is -3.88. The third-order valence-corrected chi connectivity index (χ3v) is 3.07. The van der Waals surface area contributed by atoms with Gasteiger partial charge in [0.05, 0.1) is 19.8 Å². The molecule has 0 saturated heterocycles. The number of rotatable bonds is 10. The summed E-state index contributed by atoms with van der Waals surface area (Å²) < 4.78 is 0. The molecule has 0 aliphatic carbocycles. The Hall–Kier alpha value is -2.24. The van der Waals surface area contributed by atoms with Gasteiger partial charge in [-0.25, -0.2) is 4.79 Å². The van der Waals surface area contributed by atoms with Crippen LogP contribution in [0, 0.1) is 5.92 Å². The average Bonchev–Trinajstić information content (AvgIpc) is 2.53. The number of nitrogens with one attached hydrogen (secondary N) is 3. The Labute approximate surface area is 138 Å². The highest BCUT2D eigenvalue weighted by Crippen LogP contribution is 2.02. The first kappa shape index (κ1) is 21.8. The fraction of sp³-hybridized carbons (Fsp3) is 0.692. The number of hydrogen-bond donors (Lipinski definition) is 7. The van der Waals surface area contributed by atoms with Gasteiger partial charge in [-0.15, -0.1) is 0 Å². The lowest BCUT2D eigenvalue weighted by molar-refractivity contribution is -0.143. The van der Waals surface area contributed by atoms with E-state index in [4.69, 9.17) is 15.9 Å². The van der Waals surface area contributed by atoms with E-state index in [0.717, 1.165) is 0 Å². The summed E-state index contributed by atoms with van der Waals surface area (Å²) in [5.41, 5.74) is 5.08. The molecular formula is C13H24N4O7. The van der Waals surface area contributed by atoms with E-state index in [0.29, 0.717) is 0 Å². The summed E-state index contributed by atoms with van der Waals surface area (Å²) >= 11 is 0. The summed E-state index contributed by atoms with van der Waals surface area (Å²) in [6, 6.07) is -4.00. The Bertz CT molecular complexity index is 469. The molecule has 11 heteroatoms. The molecule has 24 heavy (non-hydrogen) atoms. The van der Waals surface area contributed by atoms with Gasteiger partial charge in [0.25, 0.3) is 0 Å². The molecule has 0 spiro atoms. The van der Waals surface area contributed by atoms with Gasteiger partial charge in [-0.2, -0.15) is 0 Å². The van der Waals surface area contributed by atoms with Gasteiger partial charge >= 0.3 is 5.97 Å². The van der Waals surface area contributed by atoms with E-state index in [9.17, 15) is 24.3 Å². The van der Waals surface area contributed by atoms with Crippen molar-refractivity contribution in [2.45, 2.75) is 32.0 Å². The zero-order valence-corrected chi connectivity index (χ0v) is 13.5. The first-order valence-electron chi connectivity index (χ1n) is 7.22. The van der Waals surface area contributed by atoms with E-state index in [2.05, 4.69) is 16.0 Å². The van der Waals surface area contributed by atoms with Gasteiger partial charge < -0.3 is 37.0 Å². The van der Waals surface area contributed by atoms with Gasteiger partial charge in [0.15, 0.2) is 0 Å². The first-order valence-corrected chi connectivity index (χ1v) is 7.22. The van der Waals surface area contributed by atoms with Crippen molar-refractivity contribution in [1.29, 1.82) is 0 Å². The van der Waals surface area contributed by atoms with Crippen LogP contribution in [0.4, 0.5) is 0 Å². The van der Waals surface area contributed by atoms with Crippen molar-refractivity contribution in [3.05, 3.63) is 0 Å². The number of hydrogen-bond acceptors (Lipinski definition) is 7. The molecule has 0 saturated carbocycles. The molecule has 0 rings (SSSR count). The van der Waals surface area contributed by atoms with Crippen LogP contribution in [-0.2, 0) is 19.2 Å². The number of carboxylic acid groups (broad SMARTS) is 1. The standard InChI is InChI=1S/C13H24N4O7/c1-6(2)10(13(23)24)17-12(22)8(5-19)16-11(21)7(4-18)15-9(20)3-14/h6-8,10,18-19H,3-5,14H2,1-2H3,(H,15,20)(H,16,21)(H,17,22)(H,23,24)/t7-,8-,10-/m0/s1. The maximum absolute atomic E-state index is 12.0. The van der Waals surface area contributed by atoms with E-state index in [1.54, 1.807) is 13.8 Å². The van der Waals surface area contributed by atoms with E-state index in [1.165, 1.54) is 0 Å². The summed E-state index contributed by atoms with van der Waals surface area (Å²) in [4.78, 5) is 46.1. The number of aliphatic hydroxyl groups excluding tert-OH is 2. The number of carbonyl (C=O) groups excluding carboxylic acids is 3. The monoisotopic (exact) mass is 348 g/mol. The van der Waals surface area contributed by atoms with Gasteiger partial charge in [0.2, 0.25) is 17.7 Å². The molecular weight excluding hydrogens is 324 g/mol. The SMILES string of the molecule is CC(C)[C@H](NC(=O)[C@H](CO)NC(=O)[C@H](CO)NC(=O)CN)C(=O)O. The zero-order chi connectivity index (χ0) is 18.9. The summed E-state index contributed by atoms with van der Waals surface area (Å²) in [5, 5.41) is 33.8. The van der Waals surface area contributed by atoms with Crippen LogP contribution in [-0.4, -0.2) is 76.9 Å². The van der Waals surface area contributed by atoms with E-state index in [-0.39, 0.29) is 0 Å². The van der Waals surface area contributed by atoms with Crippen LogP contribution in [0.25, 0.3) is 0 Å². The number of aliphatic hydroxyl groups is 2. The number of amides is 3. The van der Waals surface area contributed by atoms with Crippen LogP contribution >= 0.6 is 0 Å². The van der Waals surface area contributed by atoms with Gasteiger partial charge in [0, 0.05) is 0 Å². The Balaban J connectivity index is 4.88. The van der Waals surface area contributed by atoms with Crippen molar-refractivity contribution >= 4 is 23.7 Å². The molecule has 11 nitrogen and oxygen atoms in total. The average molecular weight is 348 g/mol. The minimum atomic E-state index is -1.44. The molecule has 138 valence electrons. The quantitative estimate of drug-likeness (QED) is 0.208. The normalized spacial score (nSPS) is 14.4. The Morgan fingerprint density at radius 2 is 1.38 bits per heavy atom. The molecule has 0 aromatic carbocycles. The molecule has 0 fully saturated rings. The van der Waals surface area contributed by atoms with Crippen LogP contribution < -0.4 is 21.7 Å². The van der Waals surface area contributed by atoms with E-state index in [1.807, 2.05) is 0 Å². The third kappa shape index (κ3) is 6.89. The van der Waals surface area contributed by atoms with Crippen molar-refractivity contribution in [1.82, 2.24) is 16.0 Å². The minimum absolute atomic E-state index is 0.400. The number of nitrogens with two attached hydrogens (primary N) is 1. The maximum atomic E-state index is 12.0. The van der Waals surface area contributed by atoms with Gasteiger partial charge in [-0.3, -0.25) is 14.4 Å². The minimum Gasteiger partial charge on any atom is -0.480 e. The van der Waals surface area contributed by atoms with Crippen LogP contribution in [0.15, 0.2) is 0 Å². The lowest BCUT2D eigenvalue weighted by Crippen LogP contribution is -2.58. The van der Waals surface area contributed by atoms with E-state index >= 15 is 0 Å². The smallest absolute Gasteiger partial charge is 0.326 e. The van der Waals surface area contributed by atoms with Gasteiger partial charge in [0.1, 0.15) is 18.1 Å². The highest BCUT2D eigenvalue weighted by Gasteiger charge is 2.30. The number of carbonyl (C=O) groups is 4. The topological polar surface area (TPSA) is 191 Å². The van der Waals surface area contributed by atoms with Gasteiger partial charge in [-0.05, 0) is 5.92 Å². The Morgan fingerprint density at radius 1 is 0.917 bits per heavy atom. The van der Waals surface area contributed by atoms with Crippen LogP contribution in [0.3, 0.4) is 0 Å². The third-order valence-electron chi connectivity index (χ3n) is 3.07. The lowest BCUT2D eigenvalue weighted by Gasteiger charge is -2.23.